The lowest BCUT2D eigenvalue weighted by Crippen LogP contribution is -2.02. The Balaban J connectivity index is 1.56. The number of furan rings is 1. The summed E-state index contributed by atoms with van der Waals surface area (Å²) >= 11 is 1.62. The lowest BCUT2D eigenvalue weighted by atomic mass is 10.1. The Labute approximate surface area is 208 Å². The van der Waals surface area contributed by atoms with Gasteiger partial charge in [0, 0.05) is 33.5 Å². The molecule has 0 unspecified atom stereocenters. The zero-order valence-corrected chi connectivity index (χ0v) is 20.4. The SMILES string of the molecule is C/C(C#N)=C/C1=CC=C(c2ccc(-c3cc4sc(/C=C(/C)C#N)cc4o3)n2C2=CC=CCC=C2)C1. The molecule has 3 aromatic heterocycles. The zero-order valence-electron chi connectivity index (χ0n) is 19.6. The standard InChI is InChI=1S/C30H23N3OS/c1-20(18-31)13-22-9-10-23(15-22)26-11-12-27(33(26)24-7-5-3-4-6-8-24)28-17-30-29(34-28)16-25(35-30)14-21(2)19-32/h3,5-14,16-17H,4,15H2,1-2H3/b20-13-,21-14-. The van der Waals surface area contributed by atoms with E-state index in [4.69, 9.17) is 14.9 Å². The fourth-order valence-corrected chi connectivity index (χ4v) is 5.33. The van der Waals surface area contributed by atoms with Gasteiger partial charge in [0.2, 0.25) is 0 Å². The molecule has 0 fully saturated rings. The number of nitrogens with zero attached hydrogens (tertiary/aromatic N) is 3. The second kappa shape index (κ2) is 9.50. The van der Waals surface area contributed by atoms with Crippen LogP contribution in [0.25, 0.3) is 39.1 Å². The van der Waals surface area contributed by atoms with Gasteiger partial charge in [-0.15, -0.1) is 11.3 Å². The maximum atomic E-state index is 9.15. The molecule has 0 N–H and O–H groups in total. The molecule has 4 nitrogen and oxygen atoms in total. The van der Waals surface area contributed by atoms with E-state index in [1.54, 1.807) is 18.3 Å². The predicted molar refractivity (Wildman–Crippen MR) is 144 cm³/mol. The number of aromatic nitrogens is 1. The van der Waals surface area contributed by atoms with Crippen LogP contribution in [-0.2, 0) is 0 Å². The van der Waals surface area contributed by atoms with Gasteiger partial charge >= 0.3 is 0 Å². The van der Waals surface area contributed by atoms with E-state index < -0.39 is 0 Å². The number of fused-ring (bicyclic) bond motifs is 1. The normalized spacial score (nSPS) is 16.1. The summed E-state index contributed by atoms with van der Waals surface area (Å²) in [4.78, 5) is 1.01. The molecule has 2 aliphatic rings. The third-order valence-corrected chi connectivity index (χ3v) is 6.93. The Morgan fingerprint density at radius 2 is 1.80 bits per heavy atom. The van der Waals surface area contributed by atoms with E-state index in [2.05, 4.69) is 77.4 Å². The highest BCUT2D eigenvalue weighted by Crippen LogP contribution is 2.39. The van der Waals surface area contributed by atoms with E-state index in [1.807, 2.05) is 25.1 Å². The Morgan fingerprint density at radius 1 is 1.00 bits per heavy atom. The van der Waals surface area contributed by atoms with Gasteiger partial charge in [-0.05, 0) is 80.3 Å². The average Bonchev–Trinajstić information content (AvgIpc) is 3.59. The van der Waals surface area contributed by atoms with Gasteiger partial charge in [0.15, 0.2) is 5.76 Å². The minimum absolute atomic E-state index is 0.672. The van der Waals surface area contributed by atoms with Gasteiger partial charge in [-0.25, -0.2) is 0 Å². The minimum atomic E-state index is 0.672. The van der Waals surface area contributed by atoms with Crippen LogP contribution in [0.3, 0.4) is 0 Å². The molecule has 0 spiro atoms. The fraction of sp³-hybridized carbons (Fsp3) is 0.133. The number of thiophene rings is 1. The Morgan fingerprint density at radius 3 is 2.60 bits per heavy atom. The van der Waals surface area contributed by atoms with Crippen molar-refractivity contribution in [3.05, 3.63) is 100 Å². The number of allylic oxidation sites excluding steroid dienone is 13. The smallest absolute Gasteiger partial charge is 0.153 e. The lowest BCUT2D eigenvalue weighted by Gasteiger charge is -2.14. The predicted octanol–water partition coefficient (Wildman–Crippen LogP) is 8.43. The van der Waals surface area contributed by atoms with Gasteiger partial charge in [-0.1, -0.05) is 30.4 Å². The van der Waals surface area contributed by atoms with Crippen LogP contribution in [0.1, 0.15) is 37.3 Å². The fourth-order valence-electron chi connectivity index (χ4n) is 4.30. The molecule has 5 rings (SSSR count). The maximum Gasteiger partial charge on any atom is 0.153 e. The molecule has 0 aliphatic heterocycles. The first kappa shape index (κ1) is 22.5. The van der Waals surface area contributed by atoms with Crippen molar-refractivity contribution in [2.24, 2.45) is 0 Å². The molecule has 35 heavy (non-hydrogen) atoms. The van der Waals surface area contributed by atoms with E-state index in [0.717, 1.165) is 56.4 Å². The third kappa shape index (κ3) is 4.55. The highest BCUT2D eigenvalue weighted by atomic mass is 32.1. The van der Waals surface area contributed by atoms with Crippen molar-refractivity contribution in [2.75, 3.05) is 0 Å². The molecular weight excluding hydrogens is 450 g/mol. The van der Waals surface area contributed by atoms with Gasteiger partial charge in [0.25, 0.3) is 0 Å². The number of rotatable bonds is 5. The first-order valence-electron chi connectivity index (χ1n) is 11.4. The Kier molecular flexibility index (Phi) is 6.10. The molecule has 2 aliphatic carbocycles. The second-order valence-corrected chi connectivity index (χ2v) is 9.69. The van der Waals surface area contributed by atoms with Gasteiger partial charge < -0.3 is 8.98 Å². The first-order chi connectivity index (χ1) is 17.1. The van der Waals surface area contributed by atoms with E-state index in [0.29, 0.717) is 11.1 Å². The molecule has 3 heterocycles. The molecular formula is C30H23N3OS. The van der Waals surface area contributed by atoms with Crippen LogP contribution in [0.4, 0.5) is 0 Å². The van der Waals surface area contributed by atoms with Gasteiger partial charge in [-0.3, -0.25) is 0 Å². The largest absolute Gasteiger partial charge is 0.454 e. The molecule has 0 aromatic carbocycles. The topological polar surface area (TPSA) is 65.7 Å². The zero-order chi connectivity index (χ0) is 24.4. The Bertz CT molecular complexity index is 1590. The van der Waals surface area contributed by atoms with Crippen molar-refractivity contribution in [1.29, 1.82) is 10.5 Å². The summed E-state index contributed by atoms with van der Waals surface area (Å²) in [6.45, 7) is 3.64. The highest BCUT2D eigenvalue weighted by Gasteiger charge is 2.21. The quantitative estimate of drug-likeness (QED) is 0.349. The Hall–Kier alpha value is -4.32. The lowest BCUT2D eigenvalue weighted by molar-refractivity contribution is 0.627. The van der Waals surface area contributed by atoms with Crippen molar-refractivity contribution in [2.45, 2.75) is 26.7 Å². The van der Waals surface area contributed by atoms with Crippen LogP contribution >= 0.6 is 11.3 Å². The van der Waals surface area contributed by atoms with E-state index in [1.165, 1.54) is 5.57 Å². The average molecular weight is 474 g/mol. The maximum absolute atomic E-state index is 9.15. The summed E-state index contributed by atoms with van der Waals surface area (Å²) in [5.74, 6) is 0.805. The molecule has 0 bridgehead atoms. The van der Waals surface area contributed by atoms with E-state index in [-0.39, 0.29) is 0 Å². The van der Waals surface area contributed by atoms with Crippen molar-refractivity contribution in [1.82, 2.24) is 4.57 Å². The second-order valence-electron chi connectivity index (χ2n) is 8.57. The van der Waals surface area contributed by atoms with Crippen LogP contribution in [-0.4, -0.2) is 4.57 Å². The van der Waals surface area contributed by atoms with Crippen molar-refractivity contribution in [3.63, 3.8) is 0 Å². The summed E-state index contributed by atoms with van der Waals surface area (Å²) in [6.07, 6.45) is 20.4. The molecule has 0 atom stereocenters. The van der Waals surface area contributed by atoms with Crippen molar-refractivity contribution < 1.29 is 4.42 Å². The van der Waals surface area contributed by atoms with Crippen molar-refractivity contribution in [3.8, 4) is 23.6 Å². The molecule has 0 amide bonds. The number of hydrogen-bond donors (Lipinski definition) is 0. The summed E-state index contributed by atoms with van der Waals surface area (Å²) in [6, 6.07) is 12.7. The molecule has 0 saturated heterocycles. The summed E-state index contributed by atoms with van der Waals surface area (Å²) < 4.78 is 9.61. The highest BCUT2D eigenvalue weighted by molar-refractivity contribution is 7.19. The minimum Gasteiger partial charge on any atom is -0.454 e. The van der Waals surface area contributed by atoms with E-state index >= 15 is 0 Å². The summed E-state index contributed by atoms with van der Waals surface area (Å²) in [7, 11) is 0. The monoisotopic (exact) mass is 473 g/mol. The van der Waals surface area contributed by atoms with Gasteiger partial charge in [0.05, 0.1) is 22.5 Å². The number of hydrogen-bond acceptors (Lipinski definition) is 4. The summed E-state index contributed by atoms with van der Waals surface area (Å²) in [5, 5.41) is 18.2. The first-order valence-corrected chi connectivity index (χ1v) is 12.2. The van der Waals surface area contributed by atoms with Crippen LogP contribution in [0.2, 0.25) is 0 Å². The van der Waals surface area contributed by atoms with Gasteiger partial charge in [0.1, 0.15) is 5.58 Å². The molecule has 0 radical (unpaired) electrons. The number of nitriles is 2. The molecule has 170 valence electrons. The van der Waals surface area contributed by atoms with Crippen LogP contribution < -0.4 is 0 Å². The van der Waals surface area contributed by atoms with Crippen molar-refractivity contribution >= 4 is 39.0 Å². The van der Waals surface area contributed by atoms with E-state index in [9.17, 15) is 0 Å². The van der Waals surface area contributed by atoms with Crippen LogP contribution in [0.15, 0.2) is 94.0 Å². The summed E-state index contributed by atoms with van der Waals surface area (Å²) in [5.41, 5.74) is 7.68. The third-order valence-electron chi connectivity index (χ3n) is 5.92. The molecule has 3 aromatic rings. The molecule has 0 saturated carbocycles. The van der Waals surface area contributed by atoms with Gasteiger partial charge in [-0.2, -0.15) is 10.5 Å². The van der Waals surface area contributed by atoms with Crippen LogP contribution in [0, 0.1) is 22.7 Å². The molecule has 5 heteroatoms. The van der Waals surface area contributed by atoms with Crippen LogP contribution in [0.5, 0.6) is 0 Å².